The van der Waals surface area contributed by atoms with Crippen LogP contribution in [-0.2, 0) is 22.6 Å². The second-order valence-electron chi connectivity index (χ2n) is 8.13. The Labute approximate surface area is 203 Å². The summed E-state index contributed by atoms with van der Waals surface area (Å²) >= 11 is 1.39. The summed E-state index contributed by atoms with van der Waals surface area (Å²) in [6.07, 6.45) is 3.74. The number of hydrogen-bond donors (Lipinski definition) is 0. The van der Waals surface area contributed by atoms with E-state index in [9.17, 15) is 9.59 Å². The van der Waals surface area contributed by atoms with Gasteiger partial charge < -0.3 is 9.47 Å². The summed E-state index contributed by atoms with van der Waals surface area (Å²) in [5, 5.41) is 0. The molecule has 176 valence electrons. The standard InChI is InChI=1S/C27H28N2O4S/c1-4-18(3)22-13-20(11-12-24(22)33-17-19-9-7-6-8-10-19)26-23(16-30)29-15-21(34-27(29)28-26)14-25(31)32-5-2/h6-13,15-16,18H,4-5,14,17H2,1-3H3. The highest BCUT2D eigenvalue weighted by molar-refractivity contribution is 7.17. The van der Waals surface area contributed by atoms with E-state index in [1.807, 2.05) is 42.5 Å². The summed E-state index contributed by atoms with van der Waals surface area (Å²) in [4.78, 5) is 30.1. The van der Waals surface area contributed by atoms with Gasteiger partial charge in [0.1, 0.15) is 23.7 Å². The van der Waals surface area contributed by atoms with Gasteiger partial charge in [0.25, 0.3) is 0 Å². The Morgan fingerprint density at radius 1 is 1.18 bits per heavy atom. The van der Waals surface area contributed by atoms with Crippen molar-refractivity contribution >= 4 is 28.6 Å². The van der Waals surface area contributed by atoms with Gasteiger partial charge >= 0.3 is 5.97 Å². The Morgan fingerprint density at radius 3 is 2.68 bits per heavy atom. The molecule has 1 atom stereocenters. The largest absolute Gasteiger partial charge is 0.489 e. The number of benzene rings is 2. The number of rotatable bonds is 10. The Bertz CT molecular complexity index is 1290. The Balaban J connectivity index is 1.66. The summed E-state index contributed by atoms with van der Waals surface area (Å²) in [6.45, 7) is 6.93. The molecule has 0 fully saturated rings. The molecule has 0 aliphatic carbocycles. The number of carbonyl (C=O) groups is 2. The van der Waals surface area contributed by atoms with Crippen LogP contribution in [-0.4, -0.2) is 28.2 Å². The van der Waals surface area contributed by atoms with E-state index < -0.39 is 0 Å². The Kier molecular flexibility index (Phi) is 7.43. The molecule has 2 heterocycles. The van der Waals surface area contributed by atoms with E-state index in [-0.39, 0.29) is 18.3 Å². The van der Waals surface area contributed by atoms with Crippen molar-refractivity contribution < 1.29 is 19.1 Å². The van der Waals surface area contributed by atoms with Gasteiger partial charge in [-0.15, -0.1) is 11.3 Å². The van der Waals surface area contributed by atoms with Gasteiger partial charge in [-0.25, -0.2) is 4.98 Å². The van der Waals surface area contributed by atoms with Crippen molar-refractivity contribution in [3.05, 3.63) is 76.4 Å². The third-order valence-corrected chi connectivity index (χ3v) is 6.79. The monoisotopic (exact) mass is 476 g/mol. The highest BCUT2D eigenvalue weighted by atomic mass is 32.1. The van der Waals surface area contributed by atoms with Crippen molar-refractivity contribution in [1.82, 2.24) is 9.38 Å². The lowest BCUT2D eigenvalue weighted by Crippen LogP contribution is -2.06. The SMILES string of the molecule is CCOC(=O)Cc1cn2c(C=O)c(-c3ccc(OCc4ccccc4)c(C(C)CC)c3)nc2s1. The van der Waals surface area contributed by atoms with E-state index in [2.05, 4.69) is 19.9 Å². The molecule has 1 unspecified atom stereocenters. The van der Waals surface area contributed by atoms with Gasteiger partial charge in [0.2, 0.25) is 0 Å². The fourth-order valence-electron chi connectivity index (χ4n) is 3.84. The Morgan fingerprint density at radius 2 is 1.97 bits per heavy atom. The van der Waals surface area contributed by atoms with Crippen LogP contribution in [0.4, 0.5) is 0 Å². The smallest absolute Gasteiger partial charge is 0.311 e. The number of aromatic nitrogens is 2. The van der Waals surface area contributed by atoms with E-state index in [1.165, 1.54) is 11.3 Å². The third-order valence-electron chi connectivity index (χ3n) is 5.81. The molecule has 2 aromatic heterocycles. The number of thiazole rings is 1. The van der Waals surface area contributed by atoms with Crippen LogP contribution in [0.3, 0.4) is 0 Å². The van der Waals surface area contributed by atoms with Crippen molar-refractivity contribution in [2.75, 3.05) is 6.61 Å². The molecule has 6 nitrogen and oxygen atoms in total. The molecule has 7 heteroatoms. The fraction of sp³-hybridized carbons (Fsp3) is 0.296. The molecule has 4 aromatic rings. The van der Waals surface area contributed by atoms with E-state index in [1.54, 1.807) is 17.5 Å². The van der Waals surface area contributed by atoms with Crippen LogP contribution in [0.1, 0.15) is 59.6 Å². The molecule has 0 aliphatic heterocycles. The average Bonchev–Trinajstić information content (AvgIpc) is 3.39. The number of imidazole rings is 1. The lowest BCUT2D eigenvalue weighted by molar-refractivity contribution is -0.142. The highest BCUT2D eigenvalue weighted by Gasteiger charge is 2.20. The van der Waals surface area contributed by atoms with Crippen molar-refractivity contribution in [1.29, 1.82) is 0 Å². The molecule has 0 saturated heterocycles. The number of hydrogen-bond acceptors (Lipinski definition) is 6. The molecule has 4 rings (SSSR count). The number of esters is 1. The molecule has 2 aromatic carbocycles. The predicted octanol–water partition coefficient (Wildman–Crippen LogP) is 6.07. The van der Waals surface area contributed by atoms with Crippen molar-refractivity contribution in [3.8, 4) is 17.0 Å². The van der Waals surface area contributed by atoms with Crippen LogP contribution in [0.15, 0.2) is 54.7 Å². The summed E-state index contributed by atoms with van der Waals surface area (Å²) in [5.74, 6) is 0.835. The van der Waals surface area contributed by atoms with Gasteiger partial charge in [-0.3, -0.25) is 14.0 Å². The maximum absolute atomic E-state index is 12.0. The van der Waals surface area contributed by atoms with E-state index in [0.717, 1.165) is 40.0 Å². The van der Waals surface area contributed by atoms with E-state index >= 15 is 0 Å². The first kappa shape index (κ1) is 23.7. The lowest BCUT2D eigenvalue weighted by atomic mass is 9.94. The van der Waals surface area contributed by atoms with Gasteiger partial charge in [0, 0.05) is 16.6 Å². The molecular formula is C27H28N2O4S. The Hall–Kier alpha value is -3.45. The van der Waals surface area contributed by atoms with Crippen LogP contribution in [0, 0.1) is 0 Å². The molecule has 34 heavy (non-hydrogen) atoms. The van der Waals surface area contributed by atoms with Gasteiger partial charge in [-0.05, 0) is 48.6 Å². The minimum atomic E-state index is -0.288. The first-order valence-electron chi connectivity index (χ1n) is 11.5. The summed E-state index contributed by atoms with van der Waals surface area (Å²) in [6, 6.07) is 16.1. The van der Waals surface area contributed by atoms with Crippen molar-refractivity contribution in [2.45, 2.75) is 46.1 Å². The highest BCUT2D eigenvalue weighted by Crippen LogP contribution is 2.35. The second-order valence-corrected chi connectivity index (χ2v) is 9.23. The molecule has 0 amide bonds. The minimum absolute atomic E-state index is 0.168. The maximum Gasteiger partial charge on any atom is 0.311 e. The van der Waals surface area contributed by atoms with Crippen molar-refractivity contribution in [2.24, 2.45) is 0 Å². The van der Waals surface area contributed by atoms with E-state index in [4.69, 9.17) is 14.5 Å². The van der Waals surface area contributed by atoms with Crippen LogP contribution in [0.2, 0.25) is 0 Å². The average molecular weight is 477 g/mol. The summed E-state index contributed by atoms with van der Waals surface area (Å²) in [7, 11) is 0. The summed E-state index contributed by atoms with van der Waals surface area (Å²) < 4.78 is 13.0. The second kappa shape index (κ2) is 10.7. The zero-order chi connectivity index (χ0) is 24.1. The molecule has 0 N–H and O–H groups in total. The quantitative estimate of drug-likeness (QED) is 0.205. The normalized spacial score (nSPS) is 12.0. The number of fused-ring (bicyclic) bond motifs is 1. The number of carbonyl (C=O) groups excluding carboxylic acids is 2. The van der Waals surface area contributed by atoms with Crippen LogP contribution >= 0.6 is 11.3 Å². The molecular weight excluding hydrogens is 448 g/mol. The summed E-state index contributed by atoms with van der Waals surface area (Å²) in [5.41, 5.74) is 4.16. The molecule has 0 radical (unpaired) electrons. The number of ether oxygens (including phenoxy) is 2. The maximum atomic E-state index is 12.0. The van der Waals surface area contributed by atoms with E-state index in [0.29, 0.717) is 29.6 Å². The van der Waals surface area contributed by atoms with Gasteiger partial charge in [-0.2, -0.15) is 0 Å². The molecule has 0 bridgehead atoms. The minimum Gasteiger partial charge on any atom is -0.489 e. The zero-order valence-corrected chi connectivity index (χ0v) is 20.4. The van der Waals surface area contributed by atoms with Gasteiger partial charge in [0.15, 0.2) is 11.2 Å². The lowest BCUT2D eigenvalue weighted by Gasteiger charge is -2.17. The van der Waals surface area contributed by atoms with Gasteiger partial charge in [-0.1, -0.05) is 44.2 Å². The van der Waals surface area contributed by atoms with Crippen LogP contribution in [0.5, 0.6) is 5.75 Å². The third kappa shape index (κ3) is 5.04. The topological polar surface area (TPSA) is 69.9 Å². The first-order valence-corrected chi connectivity index (χ1v) is 12.3. The zero-order valence-electron chi connectivity index (χ0n) is 19.6. The van der Waals surface area contributed by atoms with Crippen LogP contribution < -0.4 is 4.74 Å². The number of aldehydes is 1. The first-order chi connectivity index (χ1) is 16.5. The predicted molar refractivity (Wildman–Crippen MR) is 134 cm³/mol. The van der Waals surface area contributed by atoms with Gasteiger partial charge in [0.05, 0.1) is 13.0 Å². The molecule has 0 spiro atoms. The van der Waals surface area contributed by atoms with Crippen LogP contribution in [0.25, 0.3) is 16.2 Å². The van der Waals surface area contributed by atoms with Crippen molar-refractivity contribution in [3.63, 3.8) is 0 Å². The number of nitrogens with zero attached hydrogens (tertiary/aromatic N) is 2. The molecule has 0 saturated carbocycles. The fourth-order valence-corrected chi connectivity index (χ4v) is 4.81. The molecule has 0 aliphatic rings.